The van der Waals surface area contributed by atoms with Gasteiger partial charge < -0.3 is 0 Å². The van der Waals surface area contributed by atoms with Crippen LogP contribution in [0.1, 0.15) is 0 Å². The molecule has 10 heteroatoms. The highest BCUT2D eigenvalue weighted by molar-refractivity contribution is 7.93. The largest absolute Gasteiger partial charge is 0.289 e. The number of sulfonamides is 1. The highest BCUT2D eigenvalue weighted by atomic mass is 32.2. The number of benzene rings is 2. The number of nitro benzene ring substituents is 2. The van der Waals surface area contributed by atoms with Crippen molar-refractivity contribution in [3.63, 3.8) is 0 Å². The fraction of sp³-hybridized carbons (Fsp3) is 0.0667. The molecule has 0 bridgehead atoms. The Morgan fingerprint density at radius 2 is 1.72 bits per heavy atom. The molecule has 0 spiro atoms. The third kappa shape index (κ3) is 3.63. The second kappa shape index (κ2) is 7.09. The van der Waals surface area contributed by atoms with Crippen LogP contribution in [0.25, 0.3) is 0 Å². The summed E-state index contributed by atoms with van der Waals surface area (Å²) in [6, 6.07) is 9.89. The van der Waals surface area contributed by atoms with Crippen LogP contribution in [-0.2, 0) is 10.0 Å². The van der Waals surface area contributed by atoms with Crippen LogP contribution in [0, 0.1) is 20.2 Å². The van der Waals surface area contributed by atoms with E-state index in [-0.39, 0.29) is 17.9 Å². The molecular formula is C15H13N3O6S. The molecule has 0 heterocycles. The molecule has 0 aromatic heterocycles. The van der Waals surface area contributed by atoms with E-state index in [1.165, 1.54) is 36.4 Å². The van der Waals surface area contributed by atoms with Crippen LogP contribution in [0.3, 0.4) is 0 Å². The summed E-state index contributed by atoms with van der Waals surface area (Å²) >= 11 is 0. The van der Waals surface area contributed by atoms with Gasteiger partial charge in [0.15, 0.2) is 4.90 Å². The topological polar surface area (TPSA) is 124 Å². The lowest BCUT2D eigenvalue weighted by molar-refractivity contribution is -0.387. The van der Waals surface area contributed by atoms with Crippen LogP contribution in [0.2, 0.25) is 0 Å². The quantitative estimate of drug-likeness (QED) is 0.423. The zero-order valence-electron chi connectivity index (χ0n) is 12.8. The Labute approximate surface area is 143 Å². The zero-order valence-corrected chi connectivity index (χ0v) is 13.6. The number of hydrogen-bond acceptors (Lipinski definition) is 6. The van der Waals surface area contributed by atoms with Crippen LogP contribution in [0.15, 0.2) is 66.1 Å². The molecule has 2 aromatic carbocycles. The van der Waals surface area contributed by atoms with Crippen molar-refractivity contribution in [1.82, 2.24) is 0 Å². The van der Waals surface area contributed by atoms with Crippen molar-refractivity contribution in [2.75, 3.05) is 10.8 Å². The van der Waals surface area contributed by atoms with Gasteiger partial charge in [0.2, 0.25) is 0 Å². The minimum atomic E-state index is -4.34. The summed E-state index contributed by atoms with van der Waals surface area (Å²) in [4.78, 5) is 20.1. The summed E-state index contributed by atoms with van der Waals surface area (Å²) in [5, 5.41) is 22.1. The molecule has 0 radical (unpaired) electrons. The Balaban J connectivity index is 2.64. The Hall–Kier alpha value is -3.27. The molecule has 0 aliphatic rings. The van der Waals surface area contributed by atoms with Crippen molar-refractivity contribution in [3.8, 4) is 0 Å². The third-order valence-corrected chi connectivity index (χ3v) is 5.09. The van der Waals surface area contributed by atoms with Gasteiger partial charge in [-0.25, -0.2) is 8.42 Å². The van der Waals surface area contributed by atoms with Crippen molar-refractivity contribution in [1.29, 1.82) is 0 Å². The molecule has 130 valence electrons. The number of anilines is 1. The first-order valence-electron chi connectivity index (χ1n) is 6.90. The Morgan fingerprint density at radius 1 is 1.04 bits per heavy atom. The van der Waals surface area contributed by atoms with E-state index in [0.717, 1.165) is 22.5 Å². The average Bonchev–Trinajstić information content (AvgIpc) is 2.59. The minimum Gasteiger partial charge on any atom is -0.262 e. The van der Waals surface area contributed by atoms with E-state index < -0.39 is 30.5 Å². The molecule has 25 heavy (non-hydrogen) atoms. The zero-order chi connectivity index (χ0) is 18.6. The molecular weight excluding hydrogens is 350 g/mol. The normalized spacial score (nSPS) is 10.9. The SMILES string of the molecule is C=CCN(c1cccc([N+](=O)[O-])c1)S(=O)(=O)c1ccccc1[N+](=O)[O-]. The maximum atomic E-state index is 12.9. The molecule has 0 atom stereocenters. The van der Waals surface area contributed by atoms with Crippen molar-refractivity contribution < 1.29 is 18.3 Å². The van der Waals surface area contributed by atoms with Gasteiger partial charge in [-0.05, 0) is 12.1 Å². The monoisotopic (exact) mass is 363 g/mol. The van der Waals surface area contributed by atoms with Gasteiger partial charge in [-0.3, -0.25) is 24.5 Å². The average molecular weight is 363 g/mol. The fourth-order valence-corrected chi connectivity index (χ4v) is 3.75. The first-order chi connectivity index (χ1) is 11.8. The molecule has 0 fully saturated rings. The van der Waals surface area contributed by atoms with E-state index >= 15 is 0 Å². The molecule has 0 saturated heterocycles. The van der Waals surface area contributed by atoms with Crippen molar-refractivity contribution in [3.05, 3.63) is 81.4 Å². The fourth-order valence-electron chi connectivity index (χ4n) is 2.17. The van der Waals surface area contributed by atoms with E-state index in [4.69, 9.17) is 0 Å². The number of nitro groups is 2. The minimum absolute atomic E-state index is 0.00671. The first-order valence-corrected chi connectivity index (χ1v) is 8.34. The summed E-state index contributed by atoms with van der Waals surface area (Å²) in [5.41, 5.74) is -0.876. The van der Waals surface area contributed by atoms with Crippen molar-refractivity contribution in [2.24, 2.45) is 0 Å². The van der Waals surface area contributed by atoms with Crippen LogP contribution in [0.4, 0.5) is 17.1 Å². The second-order valence-corrected chi connectivity index (χ2v) is 6.66. The van der Waals surface area contributed by atoms with Gasteiger partial charge in [0, 0.05) is 18.2 Å². The van der Waals surface area contributed by atoms with Crippen LogP contribution in [-0.4, -0.2) is 24.8 Å². The van der Waals surface area contributed by atoms with Crippen LogP contribution < -0.4 is 4.31 Å². The van der Waals surface area contributed by atoms with E-state index in [1.807, 2.05) is 0 Å². The molecule has 9 nitrogen and oxygen atoms in total. The van der Waals surface area contributed by atoms with E-state index in [2.05, 4.69) is 6.58 Å². The molecule has 0 aliphatic heterocycles. The number of para-hydroxylation sites is 1. The number of rotatable bonds is 7. The van der Waals surface area contributed by atoms with Gasteiger partial charge in [-0.1, -0.05) is 24.3 Å². The van der Waals surface area contributed by atoms with Crippen LogP contribution >= 0.6 is 0 Å². The maximum Gasteiger partial charge on any atom is 0.289 e. The van der Waals surface area contributed by atoms with E-state index in [0.29, 0.717) is 0 Å². The van der Waals surface area contributed by atoms with Crippen LogP contribution in [0.5, 0.6) is 0 Å². The molecule has 0 aliphatic carbocycles. The van der Waals surface area contributed by atoms with Crippen molar-refractivity contribution >= 4 is 27.1 Å². The van der Waals surface area contributed by atoms with Gasteiger partial charge >= 0.3 is 0 Å². The Kier molecular flexibility index (Phi) is 5.13. The number of hydrogen-bond donors (Lipinski definition) is 0. The molecule has 2 rings (SSSR count). The van der Waals surface area contributed by atoms with Gasteiger partial charge in [0.05, 0.1) is 22.1 Å². The van der Waals surface area contributed by atoms with Gasteiger partial charge in [0.1, 0.15) is 0 Å². The Morgan fingerprint density at radius 3 is 2.32 bits per heavy atom. The summed E-state index contributed by atoms with van der Waals surface area (Å²) < 4.78 is 26.7. The predicted octanol–water partition coefficient (Wildman–Crippen LogP) is 2.88. The highest BCUT2D eigenvalue weighted by Crippen LogP contribution is 2.31. The number of non-ortho nitro benzene ring substituents is 1. The highest BCUT2D eigenvalue weighted by Gasteiger charge is 2.31. The summed E-state index contributed by atoms with van der Waals surface area (Å²) in [5.74, 6) is 0. The summed E-state index contributed by atoms with van der Waals surface area (Å²) in [6.45, 7) is 3.26. The number of nitrogens with zero attached hydrogens (tertiary/aromatic N) is 3. The predicted molar refractivity (Wildman–Crippen MR) is 90.9 cm³/mol. The molecule has 0 unspecified atom stereocenters. The Bertz CT molecular complexity index is 942. The van der Waals surface area contributed by atoms with Gasteiger partial charge in [-0.15, -0.1) is 6.58 Å². The van der Waals surface area contributed by atoms with Crippen molar-refractivity contribution in [2.45, 2.75) is 4.90 Å². The molecule has 0 amide bonds. The molecule has 0 saturated carbocycles. The van der Waals surface area contributed by atoms with E-state index in [1.54, 1.807) is 0 Å². The molecule has 0 N–H and O–H groups in total. The van der Waals surface area contributed by atoms with Gasteiger partial charge in [0.25, 0.3) is 21.4 Å². The third-order valence-electron chi connectivity index (χ3n) is 3.25. The smallest absolute Gasteiger partial charge is 0.262 e. The van der Waals surface area contributed by atoms with E-state index in [9.17, 15) is 28.6 Å². The lowest BCUT2D eigenvalue weighted by atomic mass is 10.3. The molecule has 2 aromatic rings. The second-order valence-electron chi connectivity index (χ2n) is 4.83. The standard InChI is InChI=1S/C15H13N3O6S/c1-2-10-16(12-6-5-7-13(11-12)17(19)20)25(23,24)15-9-4-3-8-14(15)18(21)22/h2-9,11H,1,10H2. The first kappa shape index (κ1) is 18.1. The summed E-state index contributed by atoms with van der Waals surface area (Å²) in [6.07, 6.45) is 1.28. The lowest BCUT2D eigenvalue weighted by Gasteiger charge is -2.22. The summed E-state index contributed by atoms with van der Waals surface area (Å²) in [7, 11) is -4.34. The maximum absolute atomic E-state index is 12.9. The lowest BCUT2D eigenvalue weighted by Crippen LogP contribution is -2.31. The van der Waals surface area contributed by atoms with Gasteiger partial charge in [-0.2, -0.15) is 0 Å².